The Labute approximate surface area is 141 Å². The monoisotopic (exact) mass is 394 g/mol. The van der Waals surface area contributed by atoms with Gasteiger partial charge in [-0.25, -0.2) is 4.98 Å². The molecule has 1 aromatic rings. The number of halogens is 4. The van der Waals surface area contributed by atoms with Gasteiger partial charge < -0.3 is 10.2 Å². The Morgan fingerprint density at radius 3 is 2.52 bits per heavy atom. The molecule has 1 aliphatic heterocycles. The van der Waals surface area contributed by atoms with Gasteiger partial charge in [0.15, 0.2) is 0 Å². The van der Waals surface area contributed by atoms with Crippen molar-refractivity contribution in [2.75, 3.05) is 44.6 Å². The van der Waals surface area contributed by atoms with Crippen molar-refractivity contribution < 1.29 is 18.0 Å². The maximum atomic E-state index is 12.3. The van der Waals surface area contributed by atoms with Crippen LogP contribution in [0.15, 0.2) is 22.8 Å². The average Bonchev–Trinajstić information content (AvgIpc) is 2.45. The summed E-state index contributed by atoms with van der Waals surface area (Å²) in [5.74, 6) is 0.313. The van der Waals surface area contributed by atoms with Crippen LogP contribution in [0.5, 0.6) is 0 Å². The van der Waals surface area contributed by atoms with E-state index in [2.05, 4.69) is 26.2 Å². The lowest BCUT2D eigenvalue weighted by Crippen LogP contribution is -2.49. The van der Waals surface area contributed by atoms with Crippen LogP contribution in [0.1, 0.15) is 6.42 Å². The molecule has 23 heavy (non-hydrogen) atoms. The summed E-state index contributed by atoms with van der Waals surface area (Å²) in [6.45, 7) is 1.48. The molecule has 2 heterocycles. The fraction of sp³-hybridized carbons (Fsp3) is 0.571. The average molecular weight is 395 g/mol. The quantitative estimate of drug-likeness (QED) is 0.832. The number of aromatic nitrogens is 1. The van der Waals surface area contributed by atoms with Gasteiger partial charge in [0.25, 0.3) is 0 Å². The number of pyridine rings is 1. The molecule has 1 aromatic heterocycles. The molecule has 1 saturated heterocycles. The smallest absolute Gasteiger partial charge is 0.311 e. The zero-order valence-electron chi connectivity index (χ0n) is 12.4. The summed E-state index contributed by atoms with van der Waals surface area (Å²) in [4.78, 5) is 19.3. The van der Waals surface area contributed by atoms with Gasteiger partial charge in [-0.2, -0.15) is 13.2 Å². The first-order valence-electron chi connectivity index (χ1n) is 7.25. The van der Waals surface area contributed by atoms with Crippen molar-refractivity contribution in [3.05, 3.63) is 22.8 Å². The Hall–Kier alpha value is -1.19. The van der Waals surface area contributed by atoms with Gasteiger partial charge in [0, 0.05) is 49.8 Å². The van der Waals surface area contributed by atoms with Gasteiger partial charge in [0.1, 0.15) is 5.82 Å². The first-order chi connectivity index (χ1) is 10.8. The molecule has 5 nitrogen and oxygen atoms in total. The number of amides is 1. The topological polar surface area (TPSA) is 48.5 Å². The van der Waals surface area contributed by atoms with Crippen LogP contribution in [0.3, 0.4) is 0 Å². The minimum atomic E-state index is -4.15. The molecule has 1 N–H and O–H groups in total. The van der Waals surface area contributed by atoms with Crippen molar-refractivity contribution >= 4 is 27.7 Å². The van der Waals surface area contributed by atoms with Crippen molar-refractivity contribution in [2.45, 2.75) is 12.6 Å². The highest BCUT2D eigenvalue weighted by Crippen LogP contribution is 2.17. The molecule has 9 heteroatoms. The lowest BCUT2D eigenvalue weighted by Gasteiger charge is -2.34. The van der Waals surface area contributed by atoms with E-state index in [0.29, 0.717) is 38.5 Å². The van der Waals surface area contributed by atoms with Crippen molar-refractivity contribution in [3.8, 4) is 0 Å². The van der Waals surface area contributed by atoms with Crippen LogP contribution in [0, 0.1) is 0 Å². The molecule has 0 atom stereocenters. The Kier molecular flexibility index (Phi) is 6.37. The molecule has 0 saturated carbocycles. The van der Waals surface area contributed by atoms with Gasteiger partial charge in [-0.1, -0.05) is 15.9 Å². The number of piperazine rings is 1. The van der Waals surface area contributed by atoms with Crippen LogP contribution in [0.25, 0.3) is 0 Å². The Bertz CT molecular complexity index is 533. The first kappa shape index (κ1) is 18.2. The number of carbonyl (C=O) groups is 1. The predicted octanol–water partition coefficient (Wildman–Crippen LogP) is 2.35. The van der Waals surface area contributed by atoms with E-state index in [4.69, 9.17) is 0 Å². The van der Waals surface area contributed by atoms with Crippen LogP contribution in [0.4, 0.5) is 19.0 Å². The number of hydrogen-bond acceptors (Lipinski definition) is 4. The second-order valence-corrected chi connectivity index (χ2v) is 6.31. The summed E-state index contributed by atoms with van der Waals surface area (Å²) < 4.78 is 37.8. The normalized spacial score (nSPS) is 17.2. The maximum absolute atomic E-state index is 12.3. The Morgan fingerprint density at radius 1 is 1.26 bits per heavy atom. The van der Waals surface area contributed by atoms with E-state index in [-0.39, 0.29) is 12.3 Å². The second-order valence-electron chi connectivity index (χ2n) is 5.39. The SMILES string of the molecule is O=C(CCN1CCN(CC(F)(F)F)CC1)Nc1cc(Br)ccn1. The number of nitrogens with one attached hydrogen (secondary N) is 1. The van der Waals surface area contributed by atoms with Crippen LogP contribution in [0.2, 0.25) is 0 Å². The zero-order chi connectivity index (χ0) is 16.9. The van der Waals surface area contributed by atoms with E-state index in [1.54, 1.807) is 18.3 Å². The third kappa shape index (κ3) is 6.84. The third-order valence-corrected chi connectivity index (χ3v) is 4.01. The van der Waals surface area contributed by atoms with Gasteiger partial charge in [0.2, 0.25) is 5.91 Å². The molecule has 1 amide bonds. The highest BCUT2D eigenvalue weighted by molar-refractivity contribution is 9.10. The largest absolute Gasteiger partial charge is 0.401 e. The molecule has 2 rings (SSSR count). The highest BCUT2D eigenvalue weighted by atomic mass is 79.9. The van der Waals surface area contributed by atoms with E-state index < -0.39 is 12.7 Å². The van der Waals surface area contributed by atoms with E-state index >= 15 is 0 Å². The van der Waals surface area contributed by atoms with Crippen molar-refractivity contribution in [2.24, 2.45) is 0 Å². The Balaban J connectivity index is 1.68. The highest BCUT2D eigenvalue weighted by Gasteiger charge is 2.32. The van der Waals surface area contributed by atoms with E-state index in [1.165, 1.54) is 4.90 Å². The fourth-order valence-corrected chi connectivity index (χ4v) is 2.70. The molecule has 0 spiro atoms. The predicted molar refractivity (Wildman–Crippen MR) is 84.1 cm³/mol. The third-order valence-electron chi connectivity index (χ3n) is 3.51. The Morgan fingerprint density at radius 2 is 1.91 bits per heavy atom. The molecule has 0 radical (unpaired) electrons. The molecule has 0 bridgehead atoms. The van der Waals surface area contributed by atoms with E-state index in [9.17, 15) is 18.0 Å². The lowest BCUT2D eigenvalue weighted by atomic mass is 10.2. The van der Waals surface area contributed by atoms with Crippen LogP contribution >= 0.6 is 15.9 Å². The summed E-state index contributed by atoms with van der Waals surface area (Å²) in [6, 6.07) is 3.46. The lowest BCUT2D eigenvalue weighted by molar-refractivity contribution is -0.149. The minimum absolute atomic E-state index is 0.159. The number of carbonyl (C=O) groups excluding carboxylic acids is 1. The summed E-state index contributed by atoms with van der Waals surface area (Å²) in [7, 11) is 0. The van der Waals surface area contributed by atoms with Crippen molar-refractivity contribution in [3.63, 3.8) is 0 Å². The zero-order valence-corrected chi connectivity index (χ0v) is 14.0. The molecule has 0 aromatic carbocycles. The maximum Gasteiger partial charge on any atom is 0.401 e. The minimum Gasteiger partial charge on any atom is -0.311 e. The molecular weight excluding hydrogens is 377 g/mol. The number of anilines is 1. The van der Waals surface area contributed by atoms with Crippen LogP contribution in [-0.2, 0) is 4.79 Å². The van der Waals surface area contributed by atoms with E-state index in [1.807, 2.05) is 4.90 Å². The van der Waals surface area contributed by atoms with E-state index in [0.717, 1.165) is 4.47 Å². The summed E-state index contributed by atoms with van der Waals surface area (Å²) >= 11 is 3.30. The number of nitrogens with zero attached hydrogens (tertiary/aromatic N) is 3. The molecule has 128 valence electrons. The van der Waals surface area contributed by atoms with Gasteiger partial charge in [-0.15, -0.1) is 0 Å². The molecule has 1 fully saturated rings. The van der Waals surface area contributed by atoms with Crippen molar-refractivity contribution in [1.29, 1.82) is 0 Å². The van der Waals surface area contributed by atoms with Gasteiger partial charge in [-0.3, -0.25) is 9.69 Å². The molecule has 1 aliphatic rings. The molecule has 0 unspecified atom stereocenters. The standard InChI is InChI=1S/C14H18BrF3N4O/c15-11-1-3-19-12(9-11)20-13(23)2-4-21-5-7-22(8-6-21)10-14(16,17)18/h1,3,9H,2,4-8,10H2,(H,19,20,23). The second kappa shape index (κ2) is 8.07. The number of alkyl halides is 3. The summed E-state index contributed by atoms with van der Waals surface area (Å²) in [5, 5.41) is 2.70. The van der Waals surface area contributed by atoms with Crippen LogP contribution < -0.4 is 5.32 Å². The van der Waals surface area contributed by atoms with Crippen molar-refractivity contribution in [1.82, 2.24) is 14.8 Å². The van der Waals surface area contributed by atoms with Crippen LogP contribution in [-0.4, -0.2) is 66.1 Å². The summed E-state index contributed by atoms with van der Waals surface area (Å²) in [6.07, 6.45) is -2.29. The number of hydrogen-bond donors (Lipinski definition) is 1. The first-order valence-corrected chi connectivity index (χ1v) is 8.04. The number of rotatable bonds is 5. The summed E-state index contributed by atoms with van der Waals surface area (Å²) in [5.41, 5.74) is 0. The van der Waals surface area contributed by atoms with Gasteiger partial charge in [0.05, 0.1) is 6.54 Å². The molecule has 0 aliphatic carbocycles. The fourth-order valence-electron chi connectivity index (χ4n) is 2.36. The van der Waals surface area contributed by atoms with Gasteiger partial charge >= 0.3 is 6.18 Å². The molecular formula is C14H18BrF3N4O. The van der Waals surface area contributed by atoms with Gasteiger partial charge in [-0.05, 0) is 12.1 Å².